The second-order valence-corrected chi connectivity index (χ2v) is 5.43. The zero-order valence-corrected chi connectivity index (χ0v) is 8.88. The van der Waals surface area contributed by atoms with Crippen LogP contribution in [0.2, 0.25) is 0 Å². The summed E-state index contributed by atoms with van der Waals surface area (Å²) in [5.74, 6) is -0.669. The van der Waals surface area contributed by atoms with Crippen LogP contribution in [0, 0.1) is 10.7 Å². The maximum Gasteiger partial charge on any atom is 0.280 e. The minimum Gasteiger partial charge on any atom is -0.267 e. The number of sulfonamides is 1. The van der Waals surface area contributed by atoms with E-state index in [0.29, 0.717) is 15.7 Å². The van der Waals surface area contributed by atoms with Crippen LogP contribution in [0.3, 0.4) is 0 Å². The van der Waals surface area contributed by atoms with E-state index >= 15 is 0 Å². The second kappa shape index (κ2) is 3.25. The average Bonchev–Trinajstić information content (AvgIpc) is 2.41. The van der Waals surface area contributed by atoms with Crippen molar-refractivity contribution in [1.29, 1.82) is 5.26 Å². The van der Waals surface area contributed by atoms with E-state index in [4.69, 9.17) is 5.26 Å². The van der Waals surface area contributed by atoms with E-state index in [0.717, 1.165) is 0 Å². The van der Waals surface area contributed by atoms with Crippen LogP contribution in [-0.2, 0) is 10.0 Å². The highest BCUT2D eigenvalue weighted by Gasteiger charge is 2.41. The van der Waals surface area contributed by atoms with E-state index < -0.39 is 15.9 Å². The van der Waals surface area contributed by atoms with Crippen LogP contribution in [0.15, 0.2) is 29.2 Å². The number of fused-ring (bicyclic) bond motifs is 1. The third kappa shape index (κ3) is 1.30. The Bertz CT molecular complexity index is 574. The molecule has 76 valence electrons. The first-order valence-corrected chi connectivity index (χ1v) is 6.05. The van der Waals surface area contributed by atoms with E-state index in [1.165, 1.54) is 18.2 Å². The molecule has 15 heavy (non-hydrogen) atoms. The molecule has 1 aromatic rings. The predicted octanol–water partition coefficient (Wildman–Crippen LogP) is 0.960. The van der Waals surface area contributed by atoms with Crippen molar-refractivity contribution in [3.8, 4) is 5.40 Å². The number of amides is 1. The molecule has 0 radical (unpaired) electrons. The Labute approximate surface area is 90.5 Å². The number of nitrogens with zero attached hydrogens (tertiary/aromatic N) is 2. The van der Waals surface area contributed by atoms with Gasteiger partial charge in [0.05, 0.1) is 17.5 Å². The van der Waals surface area contributed by atoms with Gasteiger partial charge in [0.15, 0.2) is 5.40 Å². The molecule has 1 aromatic carbocycles. The van der Waals surface area contributed by atoms with Crippen LogP contribution >= 0.6 is 11.9 Å². The Kier molecular flexibility index (Phi) is 2.17. The van der Waals surface area contributed by atoms with Crippen LogP contribution in [0.5, 0.6) is 0 Å². The number of hydrogen-bond donors (Lipinski definition) is 0. The van der Waals surface area contributed by atoms with Gasteiger partial charge in [0.1, 0.15) is 4.90 Å². The average molecular weight is 240 g/mol. The normalized spacial score (nSPS) is 17.3. The van der Waals surface area contributed by atoms with Gasteiger partial charge in [-0.25, -0.2) is 8.42 Å². The van der Waals surface area contributed by atoms with Crippen molar-refractivity contribution in [2.45, 2.75) is 4.90 Å². The molecule has 0 aromatic heterocycles. The lowest BCUT2D eigenvalue weighted by molar-refractivity contribution is 0.0935. The summed E-state index contributed by atoms with van der Waals surface area (Å²) >= 11 is 0.312. The fourth-order valence-corrected chi connectivity index (χ4v) is 3.46. The SMILES string of the molecule is N#CSN1C(=O)c2ccccc2S1(=O)=O. The molecule has 1 aliphatic rings. The standard InChI is InChI=1S/C8H4N2O3S2/c9-5-14-10-8(11)6-3-1-2-4-7(6)15(10,12)13/h1-4H. The van der Waals surface area contributed by atoms with Crippen molar-refractivity contribution < 1.29 is 13.2 Å². The van der Waals surface area contributed by atoms with E-state index in [2.05, 4.69) is 0 Å². The molecule has 0 atom stereocenters. The molecule has 0 unspecified atom stereocenters. The third-order valence-electron chi connectivity index (χ3n) is 1.90. The molecule has 1 heterocycles. The first-order valence-electron chi connectivity index (χ1n) is 3.84. The molecular formula is C8H4N2O3S2. The second-order valence-electron chi connectivity index (χ2n) is 2.72. The summed E-state index contributed by atoms with van der Waals surface area (Å²) < 4.78 is 23.9. The predicted molar refractivity (Wildman–Crippen MR) is 53.0 cm³/mol. The minimum absolute atomic E-state index is 0.0437. The van der Waals surface area contributed by atoms with Crippen LogP contribution in [0.25, 0.3) is 0 Å². The van der Waals surface area contributed by atoms with Gasteiger partial charge in [-0.3, -0.25) is 4.79 Å². The first kappa shape index (κ1) is 10.0. The lowest BCUT2D eigenvalue weighted by Gasteiger charge is -2.06. The van der Waals surface area contributed by atoms with Crippen LogP contribution < -0.4 is 0 Å². The highest BCUT2D eigenvalue weighted by molar-refractivity contribution is 8.12. The molecule has 1 aliphatic heterocycles. The molecule has 5 nitrogen and oxygen atoms in total. The van der Waals surface area contributed by atoms with Crippen LogP contribution in [-0.4, -0.2) is 18.0 Å². The monoisotopic (exact) mass is 240 g/mol. The number of carbonyl (C=O) groups is 1. The maximum absolute atomic E-state index is 11.7. The van der Waals surface area contributed by atoms with Crippen molar-refractivity contribution in [2.24, 2.45) is 0 Å². The number of rotatable bonds is 1. The summed E-state index contributed by atoms with van der Waals surface area (Å²) in [4.78, 5) is 11.5. The molecule has 2 rings (SSSR count). The van der Waals surface area contributed by atoms with Gasteiger partial charge >= 0.3 is 0 Å². The molecule has 0 saturated heterocycles. The van der Waals surface area contributed by atoms with Crippen molar-refractivity contribution >= 4 is 27.9 Å². The quantitative estimate of drug-likeness (QED) is 0.539. The fourth-order valence-electron chi connectivity index (χ4n) is 1.29. The Morgan fingerprint density at radius 3 is 2.60 bits per heavy atom. The minimum atomic E-state index is -3.83. The summed E-state index contributed by atoms with van der Waals surface area (Å²) in [6, 6.07) is 5.88. The van der Waals surface area contributed by atoms with Crippen molar-refractivity contribution in [3.63, 3.8) is 0 Å². The highest BCUT2D eigenvalue weighted by Crippen LogP contribution is 2.34. The van der Waals surface area contributed by atoms with Crippen LogP contribution in [0.4, 0.5) is 0 Å². The summed E-state index contributed by atoms with van der Waals surface area (Å²) in [6.07, 6.45) is 0. The van der Waals surface area contributed by atoms with Gasteiger partial charge in [-0.2, -0.15) is 8.97 Å². The van der Waals surface area contributed by atoms with Gasteiger partial charge in [0.2, 0.25) is 0 Å². The summed E-state index contributed by atoms with van der Waals surface area (Å²) in [5, 5.41) is 9.98. The molecule has 0 bridgehead atoms. The summed E-state index contributed by atoms with van der Waals surface area (Å²) in [6.45, 7) is 0. The molecular weight excluding hydrogens is 236 g/mol. The summed E-state index contributed by atoms with van der Waals surface area (Å²) in [7, 11) is -3.83. The Balaban J connectivity index is 2.67. The number of thiocyanates is 1. The third-order valence-corrected chi connectivity index (χ3v) is 4.64. The van der Waals surface area contributed by atoms with Gasteiger partial charge in [-0.15, -0.1) is 0 Å². The molecule has 1 amide bonds. The van der Waals surface area contributed by atoms with Crippen molar-refractivity contribution in [1.82, 2.24) is 3.71 Å². The Morgan fingerprint density at radius 1 is 1.33 bits per heavy atom. The topological polar surface area (TPSA) is 78.2 Å². The smallest absolute Gasteiger partial charge is 0.267 e. The van der Waals surface area contributed by atoms with E-state index in [1.54, 1.807) is 11.5 Å². The molecule has 0 fully saturated rings. The molecule has 0 saturated carbocycles. The Hall–Kier alpha value is -1.52. The van der Waals surface area contributed by atoms with Gasteiger partial charge in [0, 0.05) is 0 Å². The number of benzene rings is 1. The molecule has 0 N–H and O–H groups in total. The molecule has 0 aliphatic carbocycles. The number of carbonyl (C=O) groups excluding carboxylic acids is 1. The van der Waals surface area contributed by atoms with Crippen molar-refractivity contribution in [2.75, 3.05) is 0 Å². The number of hydrogen-bond acceptors (Lipinski definition) is 5. The maximum atomic E-state index is 11.7. The van der Waals surface area contributed by atoms with E-state index in [9.17, 15) is 13.2 Å². The van der Waals surface area contributed by atoms with Gasteiger partial charge in [0.25, 0.3) is 15.9 Å². The number of nitriles is 1. The van der Waals surface area contributed by atoms with Crippen LogP contribution in [0.1, 0.15) is 10.4 Å². The van der Waals surface area contributed by atoms with Gasteiger partial charge in [-0.05, 0) is 12.1 Å². The summed E-state index contributed by atoms with van der Waals surface area (Å²) in [5.41, 5.74) is 0.111. The van der Waals surface area contributed by atoms with E-state index in [1.807, 2.05) is 0 Å². The highest BCUT2D eigenvalue weighted by atomic mass is 32.3. The largest absolute Gasteiger partial charge is 0.280 e. The molecule has 0 spiro atoms. The Morgan fingerprint density at radius 2 is 2.00 bits per heavy atom. The zero-order chi connectivity index (χ0) is 11.1. The molecule has 7 heteroatoms. The van der Waals surface area contributed by atoms with E-state index in [-0.39, 0.29) is 10.5 Å². The fraction of sp³-hybridized carbons (Fsp3) is 0. The zero-order valence-electron chi connectivity index (χ0n) is 7.25. The lowest BCUT2D eigenvalue weighted by atomic mass is 10.2. The van der Waals surface area contributed by atoms with Gasteiger partial charge < -0.3 is 0 Å². The first-order chi connectivity index (χ1) is 7.09. The van der Waals surface area contributed by atoms with Gasteiger partial charge in [-0.1, -0.05) is 12.1 Å². The van der Waals surface area contributed by atoms with Crippen molar-refractivity contribution in [3.05, 3.63) is 29.8 Å². The lowest BCUT2D eigenvalue weighted by Crippen LogP contribution is -2.21.